The summed E-state index contributed by atoms with van der Waals surface area (Å²) in [5.74, 6) is 0. The number of nitrogens with zero attached hydrogens (tertiary/aromatic N) is 1. The summed E-state index contributed by atoms with van der Waals surface area (Å²) >= 11 is 0. The summed E-state index contributed by atoms with van der Waals surface area (Å²) in [4.78, 5) is 13.0. The summed E-state index contributed by atoms with van der Waals surface area (Å²) in [6, 6.07) is -0.408. The molecule has 1 amide bonds. The molecule has 1 aliphatic rings. The molecule has 1 heterocycles. The average molecular weight is 217 g/mol. The van der Waals surface area contributed by atoms with Crippen LogP contribution in [0.15, 0.2) is 0 Å². The number of ether oxygens (including phenoxy) is 1. The molecule has 0 aliphatic carbocycles. The highest BCUT2D eigenvalue weighted by molar-refractivity contribution is 5.69. The molecule has 0 radical (unpaired) electrons. The summed E-state index contributed by atoms with van der Waals surface area (Å²) < 4.78 is 5.15. The van der Waals surface area contributed by atoms with Crippen molar-refractivity contribution in [1.29, 1.82) is 0 Å². The molecule has 1 fully saturated rings. The van der Waals surface area contributed by atoms with Crippen molar-refractivity contribution in [2.24, 2.45) is 0 Å². The Balaban J connectivity index is 2.62. The van der Waals surface area contributed by atoms with E-state index in [0.717, 1.165) is 0 Å². The third-order valence-electron chi connectivity index (χ3n) is 2.39. The van der Waals surface area contributed by atoms with Gasteiger partial charge >= 0.3 is 6.09 Å². The minimum Gasteiger partial charge on any atom is -0.444 e. The minimum atomic E-state index is -0.891. The molecule has 88 valence electrons. The summed E-state index contributed by atoms with van der Waals surface area (Å²) in [6.07, 6.45) is -2.27. The van der Waals surface area contributed by atoms with Gasteiger partial charge in [0.1, 0.15) is 11.7 Å². The first-order chi connectivity index (χ1) is 6.72. The normalized spacial score (nSPS) is 31.9. The monoisotopic (exact) mass is 217 g/mol. The molecular formula is C10H19NO4. The Bertz CT molecular complexity index is 248. The molecule has 1 aliphatic heterocycles. The van der Waals surface area contributed by atoms with E-state index in [1.165, 1.54) is 4.90 Å². The molecule has 5 heteroatoms. The van der Waals surface area contributed by atoms with E-state index >= 15 is 0 Å². The second-order valence-corrected chi connectivity index (χ2v) is 4.93. The van der Waals surface area contributed by atoms with E-state index < -0.39 is 29.9 Å². The van der Waals surface area contributed by atoms with Gasteiger partial charge in [0.05, 0.1) is 18.7 Å². The van der Waals surface area contributed by atoms with Crippen LogP contribution < -0.4 is 0 Å². The smallest absolute Gasteiger partial charge is 0.410 e. The Hall–Kier alpha value is -0.810. The lowest BCUT2D eigenvalue weighted by atomic mass is 10.2. The summed E-state index contributed by atoms with van der Waals surface area (Å²) in [5, 5.41) is 18.9. The Labute approximate surface area is 89.6 Å². The van der Waals surface area contributed by atoms with Crippen molar-refractivity contribution < 1.29 is 19.7 Å². The number of aliphatic hydroxyl groups excluding tert-OH is 2. The third kappa shape index (κ3) is 2.82. The van der Waals surface area contributed by atoms with Crippen LogP contribution in [-0.2, 0) is 4.74 Å². The number of hydrogen-bond donors (Lipinski definition) is 2. The van der Waals surface area contributed by atoms with E-state index in [1.807, 2.05) is 0 Å². The molecule has 0 saturated carbocycles. The highest BCUT2D eigenvalue weighted by Crippen LogP contribution is 2.21. The van der Waals surface area contributed by atoms with Gasteiger partial charge in [0, 0.05) is 0 Å². The van der Waals surface area contributed by atoms with Gasteiger partial charge in [-0.05, 0) is 27.7 Å². The van der Waals surface area contributed by atoms with E-state index in [4.69, 9.17) is 4.74 Å². The largest absolute Gasteiger partial charge is 0.444 e. The van der Waals surface area contributed by atoms with E-state index in [0.29, 0.717) is 0 Å². The van der Waals surface area contributed by atoms with Crippen molar-refractivity contribution in [3.63, 3.8) is 0 Å². The van der Waals surface area contributed by atoms with Crippen molar-refractivity contribution in [1.82, 2.24) is 4.90 Å². The quantitative estimate of drug-likeness (QED) is 0.614. The standard InChI is InChI=1S/C10H19NO4/c1-6-8(13)7(12)5-11(6)9(14)15-10(2,3)4/h6-8,12-13H,5H2,1-4H3/t6?,7-,8?/m1/s1. The van der Waals surface area contributed by atoms with E-state index in [2.05, 4.69) is 0 Å². The molecule has 0 aromatic rings. The second kappa shape index (κ2) is 3.98. The molecule has 3 atom stereocenters. The van der Waals surface area contributed by atoms with Gasteiger partial charge in [0.25, 0.3) is 0 Å². The van der Waals surface area contributed by atoms with Gasteiger partial charge in [-0.3, -0.25) is 0 Å². The number of β-amino-alcohol motifs (C(OH)–C–C–N with tert-alkyl or cyclic N) is 1. The van der Waals surface area contributed by atoms with E-state index in [1.54, 1.807) is 27.7 Å². The van der Waals surface area contributed by atoms with Crippen LogP contribution in [0.4, 0.5) is 4.79 Å². The topological polar surface area (TPSA) is 70.0 Å². The SMILES string of the molecule is CC1C(O)[C@H](O)CN1C(=O)OC(C)(C)C. The number of rotatable bonds is 0. The van der Waals surface area contributed by atoms with Gasteiger partial charge in [0.2, 0.25) is 0 Å². The summed E-state index contributed by atoms with van der Waals surface area (Å²) in [7, 11) is 0. The Kier molecular flexibility index (Phi) is 3.25. The van der Waals surface area contributed by atoms with Gasteiger partial charge < -0.3 is 19.8 Å². The van der Waals surface area contributed by atoms with Crippen LogP contribution in [0, 0.1) is 0 Å². The van der Waals surface area contributed by atoms with Crippen molar-refractivity contribution in [2.45, 2.75) is 51.5 Å². The lowest BCUT2D eigenvalue weighted by molar-refractivity contribution is 0.0168. The summed E-state index contributed by atoms with van der Waals surface area (Å²) in [5.41, 5.74) is -0.560. The zero-order valence-corrected chi connectivity index (χ0v) is 9.60. The van der Waals surface area contributed by atoms with Gasteiger partial charge in [0.15, 0.2) is 0 Å². The number of hydrogen-bond acceptors (Lipinski definition) is 4. The molecule has 15 heavy (non-hydrogen) atoms. The Morgan fingerprint density at radius 3 is 2.27 bits per heavy atom. The molecule has 2 N–H and O–H groups in total. The molecule has 0 aromatic carbocycles. The Morgan fingerprint density at radius 2 is 1.93 bits per heavy atom. The molecule has 5 nitrogen and oxygen atoms in total. The zero-order valence-electron chi connectivity index (χ0n) is 9.60. The fourth-order valence-corrected chi connectivity index (χ4v) is 1.54. The number of carbonyl (C=O) groups is 1. The number of aliphatic hydroxyl groups is 2. The highest BCUT2D eigenvalue weighted by Gasteiger charge is 2.41. The van der Waals surface area contributed by atoms with Gasteiger partial charge in [-0.15, -0.1) is 0 Å². The van der Waals surface area contributed by atoms with Crippen LogP contribution in [-0.4, -0.2) is 51.6 Å². The van der Waals surface area contributed by atoms with Gasteiger partial charge in [-0.2, -0.15) is 0 Å². The van der Waals surface area contributed by atoms with Gasteiger partial charge in [-0.25, -0.2) is 4.79 Å². The number of carbonyl (C=O) groups excluding carboxylic acids is 1. The molecule has 0 spiro atoms. The van der Waals surface area contributed by atoms with Crippen molar-refractivity contribution in [3.05, 3.63) is 0 Å². The first-order valence-electron chi connectivity index (χ1n) is 5.08. The molecule has 1 rings (SSSR count). The van der Waals surface area contributed by atoms with Crippen LogP contribution in [0.25, 0.3) is 0 Å². The first-order valence-corrected chi connectivity index (χ1v) is 5.08. The molecule has 0 bridgehead atoms. The lowest BCUT2D eigenvalue weighted by Gasteiger charge is -2.27. The third-order valence-corrected chi connectivity index (χ3v) is 2.39. The van der Waals surface area contributed by atoms with Crippen LogP contribution in [0.3, 0.4) is 0 Å². The predicted octanol–water partition coefficient (Wildman–Crippen LogP) is 0.347. The molecule has 2 unspecified atom stereocenters. The molecular weight excluding hydrogens is 198 g/mol. The lowest BCUT2D eigenvalue weighted by Crippen LogP contribution is -2.40. The fourth-order valence-electron chi connectivity index (χ4n) is 1.54. The zero-order chi connectivity index (χ0) is 11.8. The Morgan fingerprint density at radius 1 is 1.40 bits per heavy atom. The number of likely N-dealkylation sites (tertiary alicyclic amines) is 1. The second-order valence-electron chi connectivity index (χ2n) is 4.93. The van der Waals surface area contributed by atoms with Crippen molar-refractivity contribution >= 4 is 6.09 Å². The first kappa shape index (κ1) is 12.3. The highest BCUT2D eigenvalue weighted by atomic mass is 16.6. The maximum Gasteiger partial charge on any atom is 0.410 e. The predicted molar refractivity (Wildman–Crippen MR) is 54.4 cm³/mol. The maximum absolute atomic E-state index is 11.6. The fraction of sp³-hybridized carbons (Fsp3) is 0.900. The van der Waals surface area contributed by atoms with Crippen molar-refractivity contribution in [2.75, 3.05) is 6.54 Å². The van der Waals surface area contributed by atoms with E-state index in [9.17, 15) is 15.0 Å². The maximum atomic E-state index is 11.6. The summed E-state index contributed by atoms with van der Waals surface area (Å²) in [6.45, 7) is 7.14. The van der Waals surface area contributed by atoms with Crippen LogP contribution in [0.5, 0.6) is 0 Å². The average Bonchev–Trinajstić information content (AvgIpc) is 2.30. The van der Waals surface area contributed by atoms with Crippen LogP contribution >= 0.6 is 0 Å². The van der Waals surface area contributed by atoms with Crippen LogP contribution in [0.1, 0.15) is 27.7 Å². The molecule has 1 saturated heterocycles. The van der Waals surface area contributed by atoms with Crippen molar-refractivity contribution in [3.8, 4) is 0 Å². The molecule has 0 aromatic heterocycles. The van der Waals surface area contributed by atoms with Gasteiger partial charge in [-0.1, -0.05) is 0 Å². The minimum absolute atomic E-state index is 0.122. The van der Waals surface area contributed by atoms with E-state index in [-0.39, 0.29) is 6.54 Å². The van der Waals surface area contributed by atoms with Crippen LogP contribution in [0.2, 0.25) is 0 Å². The number of amides is 1.